The summed E-state index contributed by atoms with van der Waals surface area (Å²) in [7, 11) is 2.05. The monoisotopic (exact) mass is 290 g/mol. The van der Waals surface area contributed by atoms with Gasteiger partial charge in [0, 0.05) is 37.4 Å². The number of rotatable bonds is 6. The van der Waals surface area contributed by atoms with Crippen LogP contribution in [0.25, 0.3) is 0 Å². The van der Waals surface area contributed by atoms with E-state index in [0.717, 1.165) is 13.0 Å². The number of hydrogen-bond donors (Lipinski definition) is 2. The number of carbonyl (C=O) groups is 1. The van der Waals surface area contributed by atoms with Crippen LogP contribution in [0.3, 0.4) is 0 Å². The van der Waals surface area contributed by atoms with Gasteiger partial charge in [-0.1, -0.05) is 18.2 Å². The molecule has 0 spiro atoms. The first kappa shape index (κ1) is 14.3. The summed E-state index contributed by atoms with van der Waals surface area (Å²) in [6.45, 7) is 1.52. The summed E-state index contributed by atoms with van der Waals surface area (Å²) in [5, 5.41) is 7.94. The summed E-state index contributed by atoms with van der Waals surface area (Å²) in [6.07, 6.45) is 2.55. The molecule has 1 aromatic carbocycles. The Morgan fingerprint density at radius 1 is 1.35 bits per heavy atom. The number of anilines is 2. The number of nitrogens with one attached hydrogen (secondary N) is 2. The standard InChI is InChI=1S/C14H18N4OS/c1-18(12-6-3-2-4-7-12)10-5-8-15-13(19)17-14-16-9-11-20-14/h2-4,6-7,9,11H,5,8,10H2,1H3,(H2,15,16,17,19). The van der Waals surface area contributed by atoms with Crippen molar-refractivity contribution in [3.63, 3.8) is 0 Å². The van der Waals surface area contributed by atoms with Gasteiger partial charge in [0.05, 0.1) is 0 Å². The van der Waals surface area contributed by atoms with Crippen molar-refractivity contribution in [2.45, 2.75) is 6.42 Å². The average Bonchev–Trinajstić information content (AvgIpc) is 2.97. The van der Waals surface area contributed by atoms with Gasteiger partial charge in [-0.3, -0.25) is 5.32 Å². The van der Waals surface area contributed by atoms with E-state index in [-0.39, 0.29) is 6.03 Å². The van der Waals surface area contributed by atoms with E-state index in [1.165, 1.54) is 17.0 Å². The van der Waals surface area contributed by atoms with E-state index >= 15 is 0 Å². The Hall–Kier alpha value is -2.08. The number of nitrogens with zero attached hydrogens (tertiary/aromatic N) is 2. The predicted molar refractivity (Wildman–Crippen MR) is 83.5 cm³/mol. The summed E-state index contributed by atoms with van der Waals surface area (Å²) < 4.78 is 0. The molecule has 0 aliphatic rings. The number of amides is 2. The lowest BCUT2D eigenvalue weighted by molar-refractivity contribution is 0.252. The molecule has 6 heteroatoms. The van der Waals surface area contributed by atoms with Crippen LogP contribution in [0.15, 0.2) is 41.9 Å². The zero-order chi connectivity index (χ0) is 14.2. The zero-order valence-electron chi connectivity index (χ0n) is 11.4. The first-order chi connectivity index (χ1) is 9.75. The van der Waals surface area contributed by atoms with Crippen LogP contribution in [0, 0.1) is 0 Å². The van der Waals surface area contributed by atoms with E-state index in [4.69, 9.17) is 0 Å². The van der Waals surface area contributed by atoms with Gasteiger partial charge in [0.15, 0.2) is 5.13 Å². The summed E-state index contributed by atoms with van der Waals surface area (Å²) in [5.74, 6) is 0. The molecule has 0 unspecified atom stereocenters. The summed E-state index contributed by atoms with van der Waals surface area (Å²) in [4.78, 5) is 17.7. The molecule has 1 aromatic heterocycles. The fraction of sp³-hybridized carbons (Fsp3) is 0.286. The van der Waals surface area contributed by atoms with Crippen LogP contribution in [0.5, 0.6) is 0 Å². The van der Waals surface area contributed by atoms with E-state index < -0.39 is 0 Å². The lowest BCUT2D eigenvalue weighted by Gasteiger charge is -2.19. The quantitative estimate of drug-likeness (QED) is 0.804. The minimum atomic E-state index is -0.206. The number of carbonyl (C=O) groups excluding carboxylic acids is 1. The normalized spacial score (nSPS) is 10.1. The Kier molecular flexibility index (Phi) is 5.37. The molecule has 5 nitrogen and oxygen atoms in total. The molecule has 0 saturated carbocycles. The number of thiazole rings is 1. The first-order valence-electron chi connectivity index (χ1n) is 6.46. The Balaban J connectivity index is 1.63. The second kappa shape index (κ2) is 7.49. The lowest BCUT2D eigenvalue weighted by atomic mass is 10.3. The highest BCUT2D eigenvalue weighted by molar-refractivity contribution is 7.13. The number of para-hydroxylation sites is 1. The highest BCUT2D eigenvalue weighted by Crippen LogP contribution is 2.11. The van der Waals surface area contributed by atoms with Gasteiger partial charge in [-0.25, -0.2) is 9.78 Å². The van der Waals surface area contributed by atoms with Gasteiger partial charge >= 0.3 is 6.03 Å². The Morgan fingerprint density at radius 2 is 2.15 bits per heavy atom. The highest BCUT2D eigenvalue weighted by atomic mass is 32.1. The average molecular weight is 290 g/mol. The molecule has 0 aliphatic carbocycles. The van der Waals surface area contributed by atoms with Gasteiger partial charge in [-0.15, -0.1) is 11.3 Å². The molecule has 2 rings (SSSR count). The number of aromatic nitrogens is 1. The molecular formula is C14H18N4OS. The summed E-state index contributed by atoms with van der Waals surface area (Å²) in [5.41, 5.74) is 1.18. The van der Waals surface area contributed by atoms with Crippen LogP contribution in [0.1, 0.15) is 6.42 Å². The van der Waals surface area contributed by atoms with Crippen molar-refractivity contribution < 1.29 is 4.79 Å². The second-order valence-electron chi connectivity index (χ2n) is 4.33. The van der Waals surface area contributed by atoms with Crippen molar-refractivity contribution in [2.75, 3.05) is 30.4 Å². The molecule has 0 fully saturated rings. The second-order valence-corrected chi connectivity index (χ2v) is 5.22. The fourth-order valence-electron chi connectivity index (χ4n) is 1.76. The molecule has 0 saturated heterocycles. The van der Waals surface area contributed by atoms with Crippen molar-refractivity contribution >= 4 is 28.2 Å². The van der Waals surface area contributed by atoms with Crippen molar-refractivity contribution in [1.82, 2.24) is 10.3 Å². The van der Waals surface area contributed by atoms with Crippen LogP contribution in [-0.2, 0) is 0 Å². The molecule has 0 radical (unpaired) electrons. The first-order valence-corrected chi connectivity index (χ1v) is 7.34. The maximum absolute atomic E-state index is 11.6. The molecule has 0 atom stereocenters. The predicted octanol–water partition coefficient (Wildman–Crippen LogP) is 2.79. The molecule has 106 valence electrons. The molecule has 20 heavy (non-hydrogen) atoms. The molecule has 1 heterocycles. The van der Waals surface area contributed by atoms with Crippen LogP contribution >= 0.6 is 11.3 Å². The van der Waals surface area contributed by atoms with Gasteiger partial charge in [0.1, 0.15) is 0 Å². The van der Waals surface area contributed by atoms with E-state index in [2.05, 4.69) is 32.7 Å². The minimum absolute atomic E-state index is 0.206. The van der Waals surface area contributed by atoms with E-state index in [9.17, 15) is 4.79 Å². The summed E-state index contributed by atoms with van der Waals surface area (Å²) in [6, 6.07) is 9.98. The lowest BCUT2D eigenvalue weighted by Crippen LogP contribution is -2.31. The van der Waals surface area contributed by atoms with E-state index in [1.807, 2.05) is 30.6 Å². The molecule has 2 aromatic rings. The topological polar surface area (TPSA) is 57.3 Å². The van der Waals surface area contributed by atoms with Gasteiger partial charge < -0.3 is 10.2 Å². The number of hydrogen-bond acceptors (Lipinski definition) is 4. The smallest absolute Gasteiger partial charge is 0.321 e. The maximum Gasteiger partial charge on any atom is 0.321 e. The third-order valence-corrected chi connectivity index (χ3v) is 3.49. The molecular weight excluding hydrogens is 272 g/mol. The van der Waals surface area contributed by atoms with Crippen LogP contribution < -0.4 is 15.5 Å². The highest BCUT2D eigenvalue weighted by Gasteiger charge is 2.03. The van der Waals surface area contributed by atoms with Crippen LogP contribution in [0.2, 0.25) is 0 Å². The van der Waals surface area contributed by atoms with Crippen molar-refractivity contribution in [3.05, 3.63) is 41.9 Å². The fourth-order valence-corrected chi connectivity index (χ4v) is 2.28. The Bertz CT molecular complexity index is 515. The SMILES string of the molecule is CN(CCCNC(=O)Nc1nccs1)c1ccccc1. The van der Waals surface area contributed by atoms with E-state index in [1.54, 1.807) is 6.20 Å². The van der Waals surface area contributed by atoms with Gasteiger partial charge in [0.25, 0.3) is 0 Å². The van der Waals surface area contributed by atoms with Gasteiger partial charge in [-0.05, 0) is 18.6 Å². The van der Waals surface area contributed by atoms with E-state index in [0.29, 0.717) is 11.7 Å². The molecule has 0 aliphatic heterocycles. The zero-order valence-corrected chi connectivity index (χ0v) is 12.2. The van der Waals surface area contributed by atoms with Crippen molar-refractivity contribution in [3.8, 4) is 0 Å². The van der Waals surface area contributed by atoms with Gasteiger partial charge in [0.2, 0.25) is 0 Å². The molecule has 2 amide bonds. The third-order valence-electron chi connectivity index (χ3n) is 2.81. The number of benzene rings is 1. The van der Waals surface area contributed by atoms with Crippen molar-refractivity contribution in [2.24, 2.45) is 0 Å². The van der Waals surface area contributed by atoms with Gasteiger partial charge in [-0.2, -0.15) is 0 Å². The largest absolute Gasteiger partial charge is 0.375 e. The number of urea groups is 1. The maximum atomic E-state index is 11.6. The minimum Gasteiger partial charge on any atom is -0.375 e. The summed E-state index contributed by atoms with van der Waals surface area (Å²) >= 11 is 1.40. The van der Waals surface area contributed by atoms with Crippen LogP contribution in [-0.4, -0.2) is 31.2 Å². The molecule has 2 N–H and O–H groups in total. The third kappa shape index (κ3) is 4.55. The van der Waals surface area contributed by atoms with Crippen LogP contribution in [0.4, 0.5) is 15.6 Å². The van der Waals surface area contributed by atoms with Crippen molar-refractivity contribution in [1.29, 1.82) is 0 Å². The Labute approximate surface area is 122 Å². The molecule has 0 bridgehead atoms. The Morgan fingerprint density at radius 3 is 2.85 bits per heavy atom.